The van der Waals surface area contributed by atoms with Crippen LogP contribution in [0.25, 0.3) is 11.0 Å². The van der Waals surface area contributed by atoms with Crippen LogP contribution in [-0.2, 0) is 26.6 Å². The van der Waals surface area contributed by atoms with Gasteiger partial charge in [-0.2, -0.15) is 8.78 Å². The summed E-state index contributed by atoms with van der Waals surface area (Å²) in [7, 11) is -6.32. The number of alkyl halides is 3. The first-order valence-corrected chi connectivity index (χ1v) is 13.1. The van der Waals surface area contributed by atoms with Crippen LogP contribution >= 0.6 is 11.6 Å². The second-order valence-corrected chi connectivity index (χ2v) is 10.9. The van der Waals surface area contributed by atoms with Gasteiger partial charge in [0.05, 0.1) is 38.2 Å². The third-order valence-corrected chi connectivity index (χ3v) is 8.29. The highest BCUT2D eigenvalue weighted by molar-refractivity contribution is 7.91. The Morgan fingerprint density at radius 2 is 1.80 bits per heavy atom. The highest BCUT2D eigenvalue weighted by Gasteiger charge is 2.33. The summed E-state index contributed by atoms with van der Waals surface area (Å²) in [6.07, 6.45) is -2.89. The van der Waals surface area contributed by atoms with Crippen molar-refractivity contribution in [2.45, 2.75) is 28.8 Å². The predicted octanol–water partition coefficient (Wildman–Crippen LogP) is 4.88. The van der Waals surface area contributed by atoms with Gasteiger partial charge in [-0.15, -0.1) is 0 Å². The van der Waals surface area contributed by atoms with Crippen LogP contribution in [0.3, 0.4) is 0 Å². The number of benzene rings is 2. The van der Waals surface area contributed by atoms with E-state index in [1.165, 1.54) is 37.3 Å². The normalized spacial score (nSPS) is 13.2. The summed E-state index contributed by atoms with van der Waals surface area (Å²) in [5.41, 5.74) is 0.697. The molecule has 2 aromatic heterocycles. The van der Waals surface area contributed by atoms with E-state index in [0.29, 0.717) is 5.02 Å². The van der Waals surface area contributed by atoms with Crippen molar-refractivity contribution in [2.24, 2.45) is 0 Å². The molecule has 13 heteroatoms. The number of ether oxygens (including phenoxy) is 1. The molecule has 0 N–H and O–H groups in total. The lowest BCUT2D eigenvalue weighted by atomic mass is 10.2. The topological polar surface area (TPSA) is 91.2 Å². The number of nitrogens with zero attached hydrogens (tertiary/aromatic N) is 3. The molecule has 4 aromatic rings. The van der Waals surface area contributed by atoms with E-state index in [1.54, 1.807) is 18.2 Å². The van der Waals surface area contributed by atoms with E-state index in [9.17, 15) is 25.8 Å². The highest BCUT2D eigenvalue weighted by Crippen LogP contribution is 2.30. The molecular formula is C22H17ClF3N3O4S2. The Morgan fingerprint density at radius 1 is 1.11 bits per heavy atom. The minimum Gasteiger partial charge on any atom is -0.430 e. The lowest BCUT2D eigenvalue weighted by Crippen LogP contribution is -2.27. The summed E-state index contributed by atoms with van der Waals surface area (Å²) in [6.45, 7) is -0.626. The van der Waals surface area contributed by atoms with Crippen molar-refractivity contribution >= 4 is 43.5 Å². The maximum atomic E-state index is 13.5. The molecule has 0 fully saturated rings. The van der Waals surface area contributed by atoms with Crippen molar-refractivity contribution in [2.75, 3.05) is 6.67 Å². The standard InChI is InChI=1S/C22H17ClF3N3O4S2/c1-14-18(27-11-10-20(14)33-22(25,26)13-24)12-34(30)21-28-17-4-2-3-5-19(17)29(21)35(31,32)16-8-6-15(23)7-9-16/h2-11H,12-13H2,1H3. The number of rotatable bonds is 8. The zero-order valence-electron chi connectivity index (χ0n) is 18.0. The number of para-hydroxylation sites is 2. The van der Waals surface area contributed by atoms with Crippen LogP contribution in [0.4, 0.5) is 13.2 Å². The Bertz CT molecular complexity index is 1530. The van der Waals surface area contributed by atoms with Crippen molar-refractivity contribution in [3.8, 4) is 5.75 Å². The molecular weight excluding hydrogens is 527 g/mol. The van der Waals surface area contributed by atoms with Crippen LogP contribution in [0.1, 0.15) is 11.3 Å². The van der Waals surface area contributed by atoms with Crippen LogP contribution in [-0.4, -0.2) is 39.4 Å². The predicted molar refractivity (Wildman–Crippen MR) is 124 cm³/mol. The number of pyridine rings is 1. The first-order valence-electron chi connectivity index (χ1n) is 9.98. The fourth-order valence-corrected chi connectivity index (χ4v) is 6.43. The Balaban J connectivity index is 1.78. The number of fused-ring (bicyclic) bond motifs is 1. The average molecular weight is 544 g/mol. The number of hydrogen-bond acceptors (Lipinski definition) is 6. The molecule has 1 atom stereocenters. The molecule has 0 aliphatic rings. The van der Waals surface area contributed by atoms with Crippen LogP contribution < -0.4 is 4.74 Å². The van der Waals surface area contributed by atoms with Crippen molar-refractivity contribution in [3.63, 3.8) is 0 Å². The van der Waals surface area contributed by atoms with Gasteiger partial charge < -0.3 is 4.74 Å². The van der Waals surface area contributed by atoms with E-state index in [1.807, 2.05) is 0 Å². The van der Waals surface area contributed by atoms with Gasteiger partial charge >= 0.3 is 6.11 Å². The lowest BCUT2D eigenvalue weighted by molar-refractivity contribution is -0.186. The monoisotopic (exact) mass is 543 g/mol. The Morgan fingerprint density at radius 3 is 2.49 bits per heavy atom. The van der Waals surface area contributed by atoms with Crippen LogP contribution in [0.5, 0.6) is 5.75 Å². The minimum atomic E-state index is -4.24. The summed E-state index contributed by atoms with van der Waals surface area (Å²) in [5, 5.41) is 0.0630. The first kappa shape index (κ1) is 25.1. The fraction of sp³-hybridized carbons (Fsp3) is 0.182. The molecule has 0 saturated heterocycles. The minimum absolute atomic E-state index is 0.0954. The molecule has 1 unspecified atom stereocenters. The van der Waals surface area contributed by atoms with Gasteiger partial charge in [-0.05, 0) is 49.4 Å². The smallest absolute Gasteiger partial charge is 0.427 e. The number of aromatic nitrogens is 3. The van der Waals surface area contributed by atoms with Crippen molar-refractivity contribution < 1.29 is 30.5 Å². The SMILES string of the molecule is Cc1c(OC(F)(F)CF)ccnc1CS(=O)c1nc2ccccc2n1S(=O)(=O)c1ccc(Cl)cc1. The van der Waals surface area contributed by atoms with Gasteiger partial charge in [-0.25, -0.2) is 21.8 Å². The Kier molecular flexibility index (Phi) is 6.89. The van der Waals surface area contributed by atoms with E-state index in [0.717, 1.165) is 16.2 Å². The summed E-state index contributed by atoms with van der Waals surface area (Å²) in [4.78, 5) is 8.24. The van der Waals surface area contributed by atoms with E-state index in [-0.39, 0.29) is 43.8 Å². The largest absolute Gasteiger partial charge is 0.430 e. The molecule has 0 bridgehead atoms. The molecule has 7 nitrogen and oxygen atoms in total. The van der Waals surface area contributed by atoms with Gasteiger partial charge in [0.25, 0.3) is 10.0 Å². The molecule has 0 saturated carbocycles. The van der Waals surface area contributed by atoms with Gasteiger partial charge in [0.15, 0.2) is 6.67 Å². The zero-order chi connectivity index (χ0) is 25.4. The summed E-state index contributed by atoms with van der Waals surface area (Å²) in [6, 6.07) is 12.9. The first-order chi connectivity index (χ1) is 16.5. The molecule has 0 aliphatic carbocycles. The van der Waals surface area contributed by atoms with Gasteiger partial charge in [0.1, 0.15) is 5.75 Å². The maximum Gasteiger partial charge on any atom is 0.427 e. The number of halogens is 4. The molecule has 0 spiro atoms. The van der Waals surface area contributed by atoms with Crippen molar-refractivity contribution in [3.05, 3.63) is 77.1 Å². The number of imidazole rings is 1. The molecule has 2 aromatic carbocycles. The van der Waals surface area contributed by atoms with E-state index in [4.69, 9.17) is 11.6 Å². The molecule has 4 rings (SSSR count). The fourth-order valence-electron chi connectivity index (χ4n) is 3.26. The maximum absolute atomic E-state index is 13.5. The summed E-state index contributed by atoms with van der Waals surface area (Å²) < 4.78 is 85.0. The summed E-state index contributed by atoms with van der Waals surface area (Å²) >= 11 is 5.88. The molecule has 2 heterocycles. The third kappa shape index (κ3) is 5.04. The summed E-state index contributed by atoms with van der Waals surface area (Å²) in [5.74, 6) is -0.694. The molecule has 184 valence electrons. The van der Waals surface area contributed by atoms with Gasteiger partial charge in [-0.3, -0.25) is 9.19 Å². The highest BCUT2D eigenvalue weighted by atomic mass is 35.5. The Hall–Kier alpha value is -2.96. The van der Waals surface area contributed by atoms with E-state index >= 15 is 0 Å². The number of hydrogen-bond donors (Lipinski definition) is 0. The quantitative estimate of drug-likeness (QED) is 0.315. The van der Waals surface area contributed by atoms with Crippen LogP contribution in [0.2, 0.25) is 5.02 Å². The molecule has 35 heavy (non-hydrogen) atoms. The van der Waals surface area contributed by atoms with Crippen molar-refractivity contribution in [1.29, 1.82) is 0 Å². The van der Waals surface area contributed by atoms with Crippen molar-refractivity contribution in [1.82, 2.24) is 13.9 Å². The second kappa shape index (κ2) is 9.59. The molecule has 0 amide bonds. The molecule has 0 aliphatic heterocycles. The van der Waals surface area contributed by atoms with E-state index in [2.05, 4.69) is 14.7 Å². The van der Waals surface area contributed by atoms with Crippen LogP contribution in [0.15, 0.2) is 70.8 Å². The second-order valence-electron chi connectivity index (χ2n) is 7.35. The van der Waals surface area contributed by atoms with Gasteiger partial charge in [-0.1, -0.05) is 23.7 Å². The lowest BCUT2D eigenvalue weighted by Gasteiger charge is -2.17. The van der Waals surface area contributed by atoms with E-state index < -0.39 is 33.6 Å². The van der Waals surface area contributed by atoms with Gasteiger partial charge in [0, 0.05) is 16.8 Å². The zero-order valence-corrected chi connectivity index (χ0v) is 20.4. The third-order valence-electron chi connectivity index (χ3n) is 4.99. The van der Waals surface area contributed by atoms with Crippen LogP contribution in [0, 0.1) is 6.92 Å². The van der Waals surface area contributed by atoms with Gasteiger partial charge in [0.2, 0.25) is 5.16 Å². The Labute approximate surface area is 206 Å². The average Bonchev–Trinajstić information content (AvgIpc) is 3.22. The molecule has 0 radical (unpaired) electrons.